The zero-order chi connectivity index (χ0) is 24.1. The average Bonchev–Trinajstić information content (AvgIpc) is 3.47. The van der Waals surface area contributed by atoms with Crippen LogP contribution in [0.5, 0.6) is 0 Å². The Morgan fingerprint density at radius 2 is 1.85 bits per heavy atom. The van der Waals surface area contributed by atoms with Crippen LogP contribution in [0.2, 0.25) is 0 Å². The number of aromatic amines is 2. The zero-order valence-corrected chi connectivity index (χ0v) is 20.5. The predicted molar refractivity (Wildman–Crippen MR) is 136 cm³/mol. The Bertz CT molecular complexity index is 1600. The minimum absolute atomic E-state index is 0.107. The highest BCUT2D eigenvalue weighted by Crippen LogP contribution is 2.32. The van der Waals surface area contributed by atoms with E-state index in [1.807, 2.05) is 49.7 Å². The molecule has 0 bridgehead atoms. The topological polar surface area (TPSA) is 108 Å². The standard InChI is InChI=1S/C25H26N6O2S/c1-12(2)31-23-19(11-26-31)18(10-21(28-23)17-8-13(3)34-15(17)5)24(32)27-14(4)16-6-7-20-22(9-16)30-25(33)29-20/h6-12,14H,1-5H3,(H,27,32)(H2,29,30,33). The maximum absolute atomic E-state index is 13.5. The van der Waals surface area contributed by atoms with Crippen LogP contribution in [-0.2, 0) is 0 Å². The summed E-state index contributed by atoms with van der Waals surface area (Å²) in [6.07, 6.45) is 1.72. The van der Waals surface area contributed by atoms with Gasteiger partial charge in [0.1, 0.15) is 0 Å². The van der Waals surface area contributed by atoms with Gasteiger partial charge in [0.2, 0.25) is 0 Å². The molecule has 1 unspecified atom stereocenters. The van der Waals surface area contributed by atoms with Gasteiger partial charge >= 0.3 is 5.69 Å². The number of amides is 1. The second-order valence-corrected chi connectivity index (χ2v) is 10.3. The number of carbonyl (C=O) groups is 1. The van der Waals surface area contributed by atoms with Crippen LogP contribution in [-0.4, -0.2) is 30.6 Å². The molecule has 5 aromatic rings. The molecule has 4 heterocycles. The van der Waals surface area contributed by atoms with Crippen molar-refractivity contribution in [3.8, 4) is 11.3 Å². The van der Waals surface area contributed by atoms with Crippen LogP contribution in [0.3, 0.4) is 0 Å². The minimum atomic E-state index is -0.271. The number of pyridine rings is 1. The fraction of sp³-hybridized carbons (Fsp3) is 0.280. The van der Waals surface area contributed by atoms with Crippen LogP contribution >= 0.6 is 11.3 Å². The van der Waals surface area contributed by atoms with E-state index >= 15 is 0 Å². The fourth-order valence-electron chi connectivity index (χ4n) is 4.28. The largest absolute Gasteiger partial charge is 0.345 e. The molecular formula is C25H26N6O2S. The summed E-state index contributed by atoms with van der Waals surface area (Å²) in [7, 11) is 0. The lowest BCUT2D eigenvalue weighted by atomic mass is 10.0. The second kappa shape index (κ2) is 8.25. The Hall–Kier alpha value is -3.72. The number of rotatable bonds is 5. The first kappa shape index (κ1) is 22.1. The number of fused-ring (bicyclic) bond motifs is 2. The first-order valence-corrected chi connectivity index (χ1v) is 12.0. The van der Waals surface area contributed by atoms with Crippen LogP contribution < -0.4 is 11.0 Å². The van der Waals surface area contributed by atoms with Gasteiger partial charge in [-0.1, -0.05) is 6.07 Å². The van der Waals surface area contributed by atoms with Crippen LogP contribution in [0.25, 0.3) is 33.3 Å². The van der Waals surface area contributed by atoms with Crippen molar-refractivity contribution in [1.82, 2.24) is 30.0 Å². The summed E-state index contributed by atoms with van der Waals surface area (Å²) >= 11 is 1.72. The van der Waals surface area contributed by atoms with Crippen molar-refractivity contribution in [2.45, 2.75) is 46.7 Å². The molecule has 8 nitrogen and oxygen atoms in total. The smallest absolute Gasteiger partial charge is 0.323 e. The van der Waals surface area contributed by atoms with Crippen molar-refractivity contribution in [2.24, 2.45) is 0 Å². The summed E-state index contributed by atoms with van der Waals surface area (Å²) in [6, 6.07) is 9.42. The SMILES string of the molecule is Cc1cc(-c2cc(C(=O)NC(C)c3ccc4[nH]c(=O)[nH]c4c3)c3cnn(C(C)C)c3n2)c(C)s1. The van der Waals surface area contributed by atoms with Gasteiger partial charge in [-0.2, -0.15) is 5.10 Å². The van der Waals surface area contributed by atoms with E-state index in [0.717, 1.165) is 32.6 Å². The predicted octanol–water partition coefficient (Wildman–Crippen LogP) is 5.02. The van der Waals surface area contributed by atoms with Gasteiger partial charge in [0, 0.05) is 21.4 Å². The van der Waals surface area contributed by atoms with E-state index in [-0.39, 0.29) is 23.7 Å². The van der Waals surface area contributed by atoms with Gasteiger partial charge in [0.15, 0.2) is 5.65 Å². The molecule has 1 aromatic carbocycles. The van der Waals surface area contributed by atoms with Gasteiger partial charge < -0.3 is 15.3 Å². The molecule has 0 fully saturated rings. The second-order valence-electron chi connectivity index (χ2n) is 8.88. The van der Waals surface area contributed by atoms with E-state index in [4.69, 9.17) is 4.98 Å². The summed E-state index contributed by atoms with van der Waals surface area (Å²) in [5, 5.41) is 8.34. The number of aryl methyl sites for hydroxylation is 2. The lowest BCUT2D eigenvalue weighted by Gasteiger charge is -2.16. The van der Waals surface area contributed by atoms with Crippen molar-refractivity contribution < 1.29 is 4.79 Å². The van der Waals surface area contributed by atoms with Crippen molar-refractivity contribution >= 4 is 39.3 Å². The summed E-state index contributed by atoms with van der Waals surface area (Å²) in [5.74, 6) is -0.197. The van der Waals surface area contributed by atoms with Gasteiger partial charge in [-0.25, -0.2) is 14.5 Å². The number of carbonyl (C=O) groups excluding carboxylic acids is 1. The summed E-state index contributed by atoms with van der Waals surface area (Å²) in [4.78, 5) is 37.9. The van der Waals surface area contributed by atoms with Crippen LogP contribution in [0.4, 0.5) is 0 Å². The normalized spacial score (nSPS) is 12.6. The Morgan fingerprint density at radius 1 is 1.09 bits per heavy atom. The summed E-state index contributed by atoms with van der Waals surface area (Å²) in [6.45, 7) is 10.2. The molecule has 0 saturated heterocycles. The number of nitrogens with zero attached hydrogens (tertiary/aromatic N) is 3. The Balaban J connectivity index is 1.56. The van der Waals surface area contributed by atoms with Crippen molar-refractivity contribution in [2.75, 3.05) is 0 Å². The number of hydrogen-bond acceptors (Lipinski definition) is 5. The molecule has 1 atom stereocenters. The third-order valence-corrected chi connectivity index (χ3v) is 6.97. The molecule has 4 aromatic heterocycles. The highest BCUT2D eigenvalue weighted by molar-refractivity contribution is 7.12. The minimum Gasteiger partial charge on any atom is -0.345 e. The van der Waals surface area contributed by atoms with Gasteiger partial charge in [-0.05, 0) is 64.4 Å². The van der Waals surface area contributed by atoms with E-state index in [1.165, 1.54) is 4.88 Å². The third-order valence-electron chi connectivity index (χ3n) is 6.01. The quantitative estimate of drug-likeness (QED) is 0.332. The Morgan fingerprint density at radius 3 is 2.56 bits per heavy atom. The van der Waals surface area contributed by atoms with Crippen molar-refractivity contribution in [3.63, 3.8) is 0 Å². The number of hydrogen-bond donors (Lipinski definition) is 3. The Kier molecular flexibility index (Phi) is 5.36. The Labute approximate surface area is 200 Å². The maximum Gasteiger partial charge on any atom is 0.323 e. The van der Waals surface area contributed by atoms with Crippen molar-refractivity contribution in [1.29, 1.82) is 0 Å². The molecule has 3 N–H and O–H groups in total. The van der Waals surface area contributed by atoms with E-state index in [2.05, 4.69) is 40.3 Å². The molecule has 0 spiro atoms. The number of nitrogens with one attached hydrogen (secondary N) is 3. The summed E-state index contributed by atoms with van der Waals surface area (Å²) in [5.41, 5.74) is 5.11. The molecule has 0 radical (unpaired) electrons. The molecular weight excluding hydrogens is 448 g/mol. The number of aromatic nitrogens is 5. The highest BCUT2D eigenvalue weighted by Gasteiger charge is 2.21. The maximum atomic E-state index is 13.5. The van der Waals surface area contributed by atoms with Gasteiger partial charge in [0.05, 0.1) is 39.9 Å². The number of H-pyrrole nitrogens is 2. The summed E-state index contributed by atoms with van der Waals surface area (Å²) < 4.78 is 1.85. The molecule has 5 rings (SSSR count). The van der Waals surface area contributed by atoms with E-state index < -0.39 is 0 Å². The molecule has 0 aliphatic carbocycles. The molecule has 0 saturated carbocycles. The third kappa shape index (κ3) is 3.81. The van der Waals surface area contributed by atoms with Gasteiger partial charge in [0.25, 0.3) is 5.91 Å². The molecule has 34 heavy (non-hydrogen) atoms. The van der Waals surface area contributed by atoms with Gasteiger partial charge in [-0.3, -0.25) is 4.79 Å². The first-order valence-electron chi connectivity index (χ1n) is 11.2. The molecule has 0 aliphatic heterocycles. The molecule has 0 aliphatic rings. The fourth-order valence-corrected chi connectivity index (χ4v) is 5.22. The van der Waals surface area contributed by atoms with Gasteiger partial charge in [-0.15, -0.1) is 11.3 Å². The monoisotopic (exact) mass is 474 g/mol. The van der Waals surface area contributed by atoms with E-state index in [9.17, 15) is 9.59 Å². The number of imidazole rings is 1. The van der Waals surface area contributed by atoms with E-state index in [1.54, 1.807) is 17.5 Å². The number of thiophene rings is 1. The molecule has 1 amide bonds. The van der Waals surface area contributed by atoms with Crippen LogP contribution in [0.1, 0.15) is 58.5 Å². The van der Waals surface area contributed by atoms with Crippen LogP contribution in [0.15, 0.2) is 41.3 Å². The lowest BCUT2D eigenvalue weighted by Crippen LogP contribution is -2.27. The zero-order valence-electron chi connectivity index (χ0n) is 19.7. The van der Waals surface area contributed by atoms with Crippen LogP contribution in [0, 0.1) is 13.8 Å². The lowest BCUT2D eigenvalue weighted by molar-refractivity contribution is 0.0941. The highest BCUT2D eigenvalue weighted by atomic mass is 32.1. The average molecular weight is 475 g/mol. The first-order chi connectivity index (χ1) is 16.2. The molecule has 174 valence electrons. The number of benzene rings is 1. The van der Waals surface area contributed by atoms with Crippen molar-refractivity contribution in [3.05, 3.63) is 67.9 Å². The van der Waals surface area contributed by atoms with E-state index in [0.29, 0.717) is 16.7 Å². The molecule has 9 heteroatoms.